The van der Waals surface area contributed by atoms with Crippen molar-refractivity contribution in [1.82, 2.24) is 0 Å². The fraction of sp³-hybridized carbons (Fsp3) is 0.391. The Balaban J connectivity index is 1.69. The molecule has 1 fully saturated rings. The topological polar surface area (TPSA) is 67.9 Å². The Morgan fingerprint density at radius 1 is 1.17 bits per heavy atom. The van der Waals surface area contributed by atoms with Crippen LogP contribution in [-0.2, 0) is 4.79 Å². The number of hydrogen-bond donors (Lipinski definition) is 1. The third-order valence-corrected chi connectivity index (χ3v) is 4.87. The van der Waals surface area contributed by atoms with E-state index in [9.17, 15) is 9.59 Å². The summed E-state index contributed by atoms with van der Waals surface area (Å²) in [4.78, 5) is 26.4. The zero-order valence-corrected chi connectivity index (χ0v) is 17.2. The fourth-order valence-electron chi connectivity index (χ4n) is 3.21. The van der Waals surface area contributed by atoms with Crippen molar-refractivity contribution in [3.05, 3.63) is 48.0 Å². The predicted molar refractivity (Wildman–Crippen MR) is 114 cm³/mol. The molecule has 1 saturated heterocycles. The van der Waals surface area contributed by atoms with E-state index in [1.165, 1.54) is 0 Å². The zero-order chi connectivity index (χ0) is 20.8. The third kappa shape index (κ3) is 5.28. The molecule has 0 aliphatic carbocycles. The van der Waals surface area contributed by atoms with Gasteiger partial charge in [-0.15, -0.1) is 0 Å². The second-order valence-corrected chi connectivity index (χ2v) is 7.55. The number of carbonyl (C=O) groups is 2. The van der Waals surface area contributed by atoms with Gasteiger partial charge in [-0.2, -0.15) is 0 Å². The van der Waals surface area contributed by atoms with E-state index in [1.807, 2.05) is 24.3 Å². The van der Waals surface area contributed by atoms with Gasteiger partial charge in [0.15, 0.2) is 11.5 Å². The van der Waals surface area contributed by atoms with Crippen molar-refractivity contribution >= 4 is 23.2 Å². The molecule has 0 radical (unpaired) electrons. The van der Waals surface area contributed by atoms with Crippen LogP contribution in [0.5, 0.6) is 11.5 Å². The molecule has 0 aromatic heterocycles. The minimum Gasteiger partial charge on any atom is -0.493 e. The number of anilines is 2. The molecule has 2 aromatic rings. The molecular formula is C23H28N2O4. The van der Waals surface area contributed by atoms with E-state index in [1.54, 1.807) is 30.2 Å². The number of nitrogens with zero attached hydrogens (tertiary/aromatic N) is 1. The van der Waals surface area contributed by atoms with Crippen LogP contribution in [0, 0.1) is 5.92 Å². The summed E-state index contributed by atoms with van der Waals surface area (Å²) in [7, 11) is 1.56. The Labute approximate surface area is 171 Å². The normalized spacial score (nSPS) is 13.7. The summed E-state index contributed by atoms with van der Waals surface area (Å²) in [6.07, 6.45) is 2.38. The van der Waals surface area contributed by atoms with E-state index >= 15 is 0 Å². The van der Waals surface area contributed by atoms with Gasteiger partial charge in [-0.05, 0) is 55.2 Å². The van der Waals surface area contributed by atoms with Crippen LogP contribution in [0.4, 0.5) is 11.4 Å². The predicted octanol–water partition coefficient (Wildman–Crippen LogP) is 4.50. The second-order valence-electron chi connectivity index (χ2n) is 7.55. The van der Waals surface area contributed by atoms with Gasteiger partial charge in [-0.3, -0.25) is 9.59 Å². The summed E-state index contributed by atoms with van der Waals surface area (Å²) in [6, 6.07) is 12.5. The van der Waals surface area contributed by atoms with Crippen molar-refractivity contribution in [3.8, 4) is 11.5 Å². The molecule has 1 aliphatic heterocycles. The molecular weight excluding hydrogens is 368 g/mol. The summed E-state index contributed by atoms with van der Waals surface area (Å²) in [5.74, 6) is 1.57. The molecule has 1 heterocycles. The summed E-state index contributed by atoms with van der Waals surface area (Å²) >= 11 is 0. The highest BCUT2D eigenvalue weighted by Crippen LogP contribution is 2.29. The summed E-state index contributed by atoms with van der Waals surface area (Å²) in [6.45, 7) is 5.60. The molecule has 3 rings (SSSR count). The Bertz CT molecular complexity index is 879. The lowest BCUT2D eigenvalue weighted by Gasteiger charge is -2.17. The van der Waals surface area contributed by atoms with Crippen molar-refractivity contribution in [2.24, 2.45) is 5.92 Å². The van der Waals surface area contributed by atoms with E-state index in [-0.39, 0.29) is 11.8 Å². The standard InChI is InChI=1S/C23H28N2O4/c1-16(2)11-13-29-20-10-9-17(14-21(20)28-3)23(27)24-18-6-4-7-19(15-18)25-12-5-8-22(25)26/h4,6-7,9-10,14-16H,5,8,11-13H2,1-3H3,(H,24,27). The van der Waals surface area contributed by atoms with E-state index in [0.29, 0.717) is 48.2 Å². The molecule has 0 bridgehead atoms. The SMILES string of the molecule is COc1cc(C(=O)Nc2cccc(N3CCCC3=O)c2)ccc1OCCC(C)C. The molecule has 0 atom stereocenters. The maximum absolute atomic E-state index is 12.7. The molecule has 2 aromatic carbocycles. The maximum atomic E-state index is 12.7. The molecule has 1 N–H and O–H groups in total. The van der Waals surface area contributed by atoms with Crippen LogP contribution in [0.25, 0.3) is 0 Å². The lowest BCUT2D eigenvalue weighted by molar-refractivity contribution is -0.117. The first-order valence-corrected chi connectivity index (χ1v) is 10.0. The van der Waals surface area contributed by atoms with Gasteiger partial charge in [0.2, 0.25) is 5.91 Å². The van der Waals surface area contributed by atoms with E-state index < -0.39 is 0 Å². The van der Waals surface area contributed by atoms with Crippen LogP contribution in [0.1, 0.15) is 43.5 Å². The number of hydrogen-bond acceptors (Lipinski definition) is 4. The van der Waals surface area contributed by atoms with Crippen LogP contribution >= 0.6 is 0 Å². The molecule has 6 nitrogen and oxygen atoms in total. The Hall–Kier alpha value is -3.02. The summed E-state index contributed by atoms with van der Waals surface area (Å²) in [5.41, 5.74) is 1.92. The Kier molecular flexibility index (Phi) is 6.75. The van der Waals surface area contributed by atoms with E-state index in [2.05, 4.69) is 19.2 Å². The maximum Gasteiger partial charge on any atom is 0.255 e. The molecule has 2 amide bonds. The molecule has 6 heteroatoms. The number of nitrogens with one attached hydrogen (secondary N) is 1. The number of methoxy groups -OCH3 is 1. The molecule has 0 spiro atoms. The number of ether oxygens (including phenoxy) is 2. The second kappa shape index (κ2) is 9.45. The molecule has 0 unspecified atom stereocenters. The van der Waals surface area contributed by atoms with Gasteiger partial charge in [0, 0.05) is 29.9 Å². The van der Waals surface area contributed by atoms with Crippen molar-refractivity contribution in [1.29, 1.82) is 0 Å². The molecule has 29 heavy (non-hydrogen) atoms. The van der Waals surface area contributed by atoms with Crippen LogP contribution < -0.4 is 19.7 Å². The van der Waals surface area contributed by atoms with Gasteiger partial charge in [0.25, 0.3) is 5.91 Å². The first kappa shape index (κ1) is 20.7. The fourth-order valence-corrected chi connectivity index (χ4v) is 3.21. The van der Waals surface area contributed by atoms with Gasteiger partial charge >= 0.3 is 0 Å². The highest BCUT2D eigenvalue weighted by Gasteiger charge is 2.22. The minimum atomic E-state index is -0.248. The van der Waals surface area contributed by atoms with E-state index in [0.717, 1.165) is 18.5 Å². The average molecular weight is 396 g/mol. The van der Waals surface area contributed by atoms with Crippen molar-refractivity contribution in [3.63, 3.8) is 0 Å². The van der Waals surface area contributed by atoms with E-state index in [4.69, 9.17) is 9.47 Å². The van der Waals surface area contributed by atoms with Crippen molar-refractivity contribution < 1.29 is 19.1 Å². The minimum absolute atomic E-state index is 0.117. The smallest absolute Gasteiger partial charge is 0.255 e. The lowest BCUT2D eigenvalue weighted by atomic mass is 10.1. The van der Waals surface area contributed by atoms with Gasteiger partial charge < -0.3 is 19.7 Å². The van der Waals surface area contributed by atoms with Crippen molar-refractivity contribution in [2.45, 2.75) is 33.1 Å². The molecule has 154 valence electrons. The van der Waals surface area contributed by atoms with Crippen molar-refractivity contribution in [2.75, 3.05) is 30.5 Å². The number of carbonyl (C=O) groups excluding carboxylic acids is 2. The molecule has 0 saturated carbocycles. The highest BCUT2D eigenvalue weighted by molar-refractivity contribution is 6.05. The first-order chi connectivity index (χ1) is 14.0. The molecule has 1 aliphatic rings. The summed E-state index contributed by atoms with van der Waals surface area (Å²) in [5, 5.41) is 2.89. The van der Waals surface area contributed by atoms with Gasteiger partial charge in [-0.1, -0.05) is 19.9 Å². The number of amides is 2. The van der Waals surface area contributed by atoms with Crippen LogP contribution in [0.15, 0.2) is 42.5 Å². The third-order valence-electron chi connectivity index (χ3n) is 4.87. The van der Waals surface area contributed by atoms with Crippen LogP contribution in [0.2, 0.25) is 0 Å². The monoisotopic (exact) mass is 396 g/mol. The highest BCUT2D eigenvalue weighted by atomic mass is 16.5. The van der Waals surface area contributed by atoms with Crippen LogP contribution in [0.3, 0.4) is 0 Å². The Morgan fingerprint density at radius 3 is 2.69 bits per heavy atom. The van der Waals surface area contributed by atoms with Gasteiger partial charge in [-0.25, -0.2) is 0 Å². The largest absolute Gasteiger partial charge is 0.493 e. The zero-order valence-electron chi connectivity index (χ0n) is 17.2. The summed E-state index contributed by atoms with van der Waals surface area (Å²) < 4.78 is 11.2. The number of benzene rings is 2. The number of rotatable bonds is 8. The average Bonchev–Trinajstić information content (AvgIpc) is 3.14. The lowest BCUT2D eigenvalue weighted by Crippen LogP contribution is -2.23. The van der Waals surface area contributed by atoms with Gasteiger partial charge in [0.05, 0.1) is 13.7 Å². The Morgan fingerprint density at radius 2 is 2.00 bits per heavy atom. The van der Waals surface area contributed by atoms with Crippen LogP contribution in [-0.4, -0.2) is 32.1 Å². The first-order valence-electron chi connectivity index (χ1n) is 10.0. The van der Waals surface area contributed by atoms with Gasteiger partial charge in [0.1, 0.15) is 0 Å². The quantitative estimate of drug-likeness (QED) is 0.713.